The molecule has 0 amide bonds. The van der Waals surface area contributed by atoms with Gasteiger partial charge in [0.25, 0.3) is 0 Å². The lowest BCUT2D eigenvalue weighted by molar-refractivity contribution is 0.590. The molecule has 5 nitrogen and oxygen atoms in total. The summed E-state index contributed by atoms with van der Waals surface area (Å²) < 4.78 is 1.53. The van der Waals surface area contributed by atoms with Crippen LogP contribution >= 0.6 is 0 Å². The van der Waals surface area contributed by atoms with Crippen molar-refractivity contribution in [3.8, 4) is 17.3 Å². The summed E-state index contributed by atoms with van der Waals surface area (Å²) in [6.45, 7) is 8.33. The number of anilines is 1. The quantitative estimate of drug-likeness (QED) is 0.746. The van der Waals surface area contributed by atoms with Crippen molar-refractivity contribution in [3.63, 3.8) is 0 Å². The molecule has 2 aromatic heterocycles. The molecular weight excluding hydrogens is 286 g/mol. The second kappa shape index (κ2) is 5.10. The van der Waals surface area contributed by atoms with Crippen LogP contribution in [-0.4, -0.2) is 14.6 Å². The van der Waals surface area contributed by atoms with E-state index in [1.54, 1.807) is 6.92 Å². The zero-order valence-electron chi connectivity index (χ0n) is 13.8. The average molecular weight is 305 g/mol. The third-order valence-corrected chi connectivity index (χ3v) is 3.98. The van der Waals surface area contributed by atoms with Crippen LogP contribution in [0.4, 0.5) is 5.82 Å². The highest BCUT2D eigenvalue weighted by Gasteiger charge is 2.15. The number of nitrogens with two attached hydrogens (primary N) is 1. The Morgan fingerprint density at radius 2 is 1.83 bits per heavy atom. The van der Waals surface area contributed by atoms with Gasteiger partial charge in [-0.15, -0.1) is 0 Å². The van der Waals surface area contributed by atoms with Crippen molar-refractivity contribution in [3.05, 3.63) is 47.2 Å². The molecule has 0 bridgehead atoms. The molecule has 0 aliphatic rings. The van der Waals surface area contributed by atoms with Crippen LogP contribution in [0.5, 0.6) is 0 Å². The number of aromatic nitrogens is 3. The second-order valence-corrected chi connectivity index (χ2v) is 6.70. The Balaban J connectivity index is 2.11. The topological polar surface area (TPSA) is 80.0 Å². The van der Waals surface area contributed by atoms with E-state index in [2.05, 4.69) is 61.2 Å². The fraction of sp³-hybridized carbons (Fsp3) is 0.278. The van der Waals surface area contributed by atoms with Gasteiger partial charge in [0.15, 0.2) is 5.65 Å². The van der Waals surface area contributed by atoms with Gasteiger partial charge in [0.1, 0.15) is 17.5 Å². The predicted octanol–water partition coefficient (Wildman–Crippen LogP) is 3.46. The zero-order chi connectivity index (χ0) is 16.8. The van der Waals surface area contributed by atoms with E-state index >= 15 is 0 Å². The highest BCUT2D eigenvalue weighted by molar-refractivity contribution is 5.67. The first-order valence-electron chi connectivity index (χ1n) is 7.48. The minimum Gasteiger partial charge on any atom is -0.382 e. The third kappa shape index (κ3) is 2.53. The fourth-order valence-electron chi connectivity index (χ4n) is 2.57. The number of benzene rings is 1. The first-order chi connectivity index (χ1) is 10.8. The van der Waals surface area contributed by atoms with Crippen LogP contribution in [0, 0.1) is 18.3 Å². The standard InChI is InChI=1S/C18H19N5/c1-11-14(10-19)17(20)23-16(21-11)9-15(22-23)12-5-7-13(8-6-12)18(2,3)4/h5-9H,20H2,1-4H3. The SMILES string of the molecule is Cc1nc2cc(-c3ccc(C(C)(C)C)cc3)nn2c(N)c1C#N. The van der Waals surface area contributed by atoms with Gasteiger partial charge in [-0.1, -0.05) is 45.0 Å². The first-order valence-corrected chi connectivity index (χ1v) is 7.48. The number of nitriles is 1. The van der Waals surface area contributed by atoms with Crippen LogP contribution < -0.4 is 5.73 Å². The molecule has 2 N–H and O–H groups in total. The lowest BCUT2D eigenvalue weighted by Crippen LogP contribution is -2.10. The molecule has 0 aliphatic heterocycles. The molecule has 0 aliphatic carbocycles. The summed E-state index contributed by atoms with van der Waals surface area (Å²) in [5.41, 5.74) is 10.8. The van der Waals surface area contributed by atoms with Gasteiger partial charge in [0, 0.05) is 11.6 Å². The van der Waals surface area contributed by atoms with Gasteiger partial charge in [-0.3, -0.25) is 0 Å². The van der Waals surface area contributed by atoms with Crippen LogP contribution in [0.1, 0.15) is 37.6 Å². The fourth-order valence-corrected chi connectivity index (χ4v) is 2.57. The van der Waals surface area contributed by atoms with Crippen LogP contribution in [0.2, 0.25) is 0 Å². The van der Waals surface area contributed by atoms with Crippen molar-refractivity contribution in [2.75, 3.05) is 5.73 Å². The molecule has 0 spiro atoms. The molecule has 0 fully saturated rings. The Kier molecular flexibility index (Phi) is 3.33. The Hall–Kier alpha value is -2.87. The van der Waals surface area contributed by atoms with E-state index in [1.165, 1.54) is 10.1 Å². The smallest absolute Gasteiger partial charge is 0.158 e. The van der Waals surface area contributed by atoms with E-state index < -0.39 is 0 Å². The maximum Gasteiger partial charge on any atom is 0.158 e. The maximum absolute atomic E-state index is 9.18. The van der Waals surface area contributed by atoms with Gasteiger partial charge in [-0.25, -0.2) is 4.98 Å². The van der Waals surface area contributed by atoms with Crippen LogP contribution in [0.15, 0.2) is 30.3 Å². The summed E-state index contributed by atoms with van der Waals surface area (Å²) in [5, 5.41) is 13.7. The van der Waals surface area contributed by atoms with Gasteiger partial charge in [-0.05, 0) is 17.9 Å². The average Bonchev–Trinajstić information content (AvgIpc) is 2.91. The molecule has 23 heavy (non-hydrogen) atoms. The summed E-state index contributed by atoms with van der Waals surface area (Å²) in [4.78, 5) is 4.41. The Morgan fingerprint density at radius 3 is 2.39 bits per heavy atom. The van der Waals surface area contributed by atoms with Gasteiger partial charge in [0.2, 0.25) is 0 Å². The zero-order valence-corrected chi connectivity index (χ0v) is 13.8. The molecule has 116 valence electrons. The van der Waals surface area contributed by atoms with E-state index in [0.29, 0.717) is 22.7 Å². The van der Waals surface area contributed by atoms with E-state index in [0.717, 1.165) is 11.3 Å². The van der Waals surface area contributed by atoms with Crippen molar-refractivity contribution in [1.29, 1.82) is 5.26 Å². The normalized spacial score (nSPS) is 11.6. The lowest BCUT2D eigenvalue weighted by atomic mass is 9.86. The highest BCUT2D eigenvalue weighted by atomic mass is 15.3. The molecule has 1 aromatic carbocycles. The lowest BCUT2D eigenvalue weighted by Gasteiger charge is -2.18. The largest absolute Gasteiger partial charge is 0.382 e. The number of nitrogen functional groups attached to an aromatic ring is 1. The molecule has 0 radical (unpaired) electrons. The number of aryl methyl sites for hydroxylation is 1. The van der Waals surface area contributed by atoms with Crippen molar-refractivity contribution >= 4 is 11.5 Å². The molecule has 3 rings (SSSR count). The molecular formula is C18H19N5. The van der Waals surface area contributed by atoms with E-state index in [4.69, 9.17) is 5.73 Å². The summed E-state index contributed by atoms with van der Waals surface area (Å²) in [7, 11) is 0. The van der Waals surface area contributed by atoms with Crippen molar-refractivity contribution in [1.82, 2.24) is 14.6 Å². The minimum atomic E-state index is 0.113. The molecule has 0 unspecified atom stereocenters. The number of hydrogen-bond acceptors (Lipinski definition) is 4. The molecule has 0 saturated carbocycles. The maximum atomic E-state index is 9.18. The highest BCUT2D eigenvalue weighted by Crippen LogP contribution is 2.27. The molecule has 0 saturated heterocycles. The molecule has 5 heteroatoms. The minimum absolute atomic E-state index is 0.113. The molecule has 0 atom stereocenters. The number of hydrogen-bond donors (Lipinski definition) is 1. The first kappa shape index (κ1) is 15.0. The van der Waals surface area contributed by atoms with Crippen molar-refractivity contribution < 1.29 is 0 Å². The number of fused-ring (bicyclic) bond motifs is 1. The van der Waals surface area contributed by atoms with E-state index in [1.807, 2.05) is 6.07 Å². The number of rotatable bonds is 1. The van der Waals surface area contributed by atoms with Gasteiger partial charge in [-0.2, -0.15) is 14.9 Å². The monoisotopic (exact) mass is 305 g/mol. The van der Waals surface area contributed by atoms with Crippen molar-refractivity contribution in [2.45, 2.75) is 33.1 Å². The van der Waals surface area contributed by atoms with Gasteiger partial charge < -0.3 is 5.73 Å². The molecule has 2 heterocycles. The van der Waals surface area contributed by atoms with E-state index in [9.17, 15) is 5.26 Å². The summed E-state index contributed by atoms with van der Waals surface area (Å²) in [6, 6.07) is 12.3. The second-order valence-electron chi connectivity index (χ2n) is 6.70. The number of nitrogens with zero attached hydrogens (tertiary/aromatic N) is 4. The summed E-state index contributed by atoms with van der Waals surface area (Å²) in [5.74, 6) is 0.326. The Morgan fingerprint density at radius 1 is 1.17 bits per heavy atom. The molecule has 3 aromatic rings. The van der Waals surface area contributed by atoms with Crippen LogP contribution in [0.3, 0.4) is 0 Å². The van der Waals surface area contributed by atoms with Gasteiger partial charge >= 0.3 is 0 Å². The Labute approximate surface area is 135 Å². The van der Waals surface area contributed by atoms with Crippen LogP contribution in [-0.2, 0) is 5.41 Å². The summed E-state index contributed by atoms with van der Waals surface area (Å²) in [6.07, 6.45) is 0. The Bertz CT molecular complexity index is 921. The third-order valence-electron chi connectivity index (χ3n) is 3.98. The summed E-state index contributed by atoms with van der Waals surface area (Å²) >= 11 is 0. The predicted molar refractivity (Wildman–Crippen MR) is 91.0 cm³/mol. The van der Waals surface area contributed by atoms with Crippen molar-refractivity contribution in [2.24, 2.45) is 0 Å². The van der Waals surface area contributed by atoms with E-state index in [-0.39, 0.29) is 5.41 Å². The van der Waals surface area contributed by atoms with Gasteiger partial charge in [0.05, 0.1) is 11.4 Å². The van der Waals surface area contributed by atoms with Crippen LogP contribution in [0.25, 0.3) is 16.9 Å².